The van der Waals surface area contributed by atoms with Crippen molar-refractivity contribution < 1.29 is 4.84 Å². The van der Waals surface area contributed by atoms with Gasteiger partial charge in [0.1, 0.15) is 12.6 Å². The summed E-state index contributed by atoms with van der Waals surface area (Å²) in [6.45, 7) is 3.84. The normalized spacial score (nSPS) is 17.9. The third kappa shape index (κ3) is 1.85. The molecule has 2 aromatic rings. The molecule has 1 aromatic carbocycles. The Morgan fingerprint density at radius 2 is 2.32 bits per heavy atom. The maximum absolute atomic E-state index is 12.3. The minimum absolute atomic E-state index is 0.0899. The molecule has 0 saturated carbocycles. The van der Waals surface area contributed by atoms with Crippen LogP contribution in [0.4, 0.5) is 0 Å². The molecule has 5 heteroatoms. The summed E-state index contributed by atoms with van der Waals surface area (Å²) in [7, 11) is 1.53. The number of hydrogen-bond donors (Lipinski definition) is 1. The Morgan fingerprint density at radius 1 is 1.47 bits per heavy atom. The predicted molar refractivity (Wildman–Crippen MR) is 74.5 cm³/mol. The van der Waals surface area contributed by atoms with Crippen LogP contribution in [0.1, 0.15) is 18.9 Å². The monoisotopic (exact) mass is 261 g/mol. The number of rotatable bonds is 4. The average Bonchev–Trinajstić information content (AvgIpc) is 2.71. The van der Waals surface area contributed by atoms with Gasteiger partial charge in [0.25, 0.3) is 0 Å². The van der Waals surface area contributed by atoms with Crippen LogP contribution in [-0.4, -0.2) is 29.0 Å². The highest BCUT2D eigenvalue weighted by molar-refractivity contribution is 5.80. The molecule has 1 unspecified atom stereocenters. The van der Waals surface area contributed by atoms with Gasteiger partial charge in [-0.2, -0.15) is 0 Å². The maximum Gasteiger partial charge on any atom is 0.362 e. The van der Waals surface area contributed by atoms with Gasteiger partial charge in [-0.25, -0.2) is 4.79 Å². The molecule has 0 radical (unpaired) electrons. The molecule has 1 aliphatic rings. The average molecular weight is 261 g/mol. The van der Waals surface area contributed by atoms with E-state index < -0.39 is 0 Å². The van der Waals surface area contributed by atoms with Crippen molar-refractivity contribution in [3.63, 3.8) is 0 Å². The first-order chi connectivity index (χ1) is 9.26. The second-order valence-electron chi connectivity index (χ2n) is 5.01. The molecule has 19 heavy (non-hydrogen) atoms. The molecule has 1 atom stereocenters. The summed E-state index contributed by atoms with van der Waals surface area (Å²) in [4.78, 5) is 17.5. The van der Waals surface area contributed by atoms with E-state index in [2.05, 4.69) is 18.3 Å². The van der Waals surface area contributed by atoms with Gasteiger partial charge in [0.15, 0.2) is 0 Å². The lowest BCUT2D eigenvalue weighted by Gasteiger charge is -2.24. The minimum Gasteiger partial charge on any atom is -0.412 e. The maximum atomic E-state index is 12.3. The van der Waals surface area contributed by atoms with Crippen molar-refractivity contribution >= 4 is 11.0 Å². The van der Waals surface area contributed by atoms with Crippen LogP contribution in [0.2, 0.25) is 0 Å². The van der Waals surface area contributed by atoms with Crippen molar-refractivity contribution in [1.29, 1.82) is 0 Å². The fourth-order valence-corrected chi connectivity index (χ4v) is 2.91. The van der Waals surface area contributed by atoms with Gasteiger partial charge >= 0.3 is 5.69 Å². The van der Waals surface area contributed by atoms with Crippen molar-refractivity contribution in [2.75, 3.05) is 13.7 Å². The van der Waals surface area contributed by atoms with Gasteiger partial charge in [0, 0.05) is 12.6 Å². The van der Waals surface area contributed by atoms with Crippen molar-refractivity contribution in [3.8, 4) is 0 Å². The van der Waals surface area contributed by atoms with E-state index in [9.17, 15) is 4.79 Å². The highest BCUT2D eigenvalue weighted by Gasteiger charge is 2.25. The fourth-order valence-electron chi connectivity index (χ4n) is 2.91. The van der Waals surface area contributed by atoms with Gasteiger partial charge in [0.2, 0.25) is 0 Å². The van der Waals surface area contributed by atoms with Crippen LogP contribution >= 0.6 is 0 Å². The summed E-state index contributed by atoms with van der Waals surface area (Å²) in [6.07, 6.45) is 2.06. The highest BCUT2D eigenvalue weighted by atomic mass is 16.7. The Hall–Kier alpha value is -1.75. The third-order valence-corrected chi connectivity index (χ3v) is 3.73. The van der Waals surface area contributed by atoms with Gasteiger partial charge in [-0.3, -0.25) is 4.57 Å². The molecule has 1 aliphatic heterocycles. The molecule has 0 amide bonds. The molecule has 3 rings (SSSR count). The van der Waals surface area contributed by atoms with Crippen LogP contribution in [0, 0.1) is 0 Å². The third-order valence-electron chi connectivity index (χ3n) is 3.73. The fraction of sp³-hybridized carbons (Fsp3) is 0.500. The van der Waals surface area contributed by atoms with Crippen LogP contribution in [0.3, 0.4) is 0 Å². The van der Waals surface area contributed by atoms with Crippen molar-refractivity contribution in [2.24, 2.45) is 0 Å². The molecule has 0 saturated heterocycles. The van der Waals surface area contributed by atoms with Crippen LogP contribution in [0.15, 0.2) is 23.0 Å². The van der Waals surface area contributed by atoms with E-state index in [1.165, 1.54) is 17.4 Å². The summed E-state index contributed by atoms with van der Waals surface area (Å²) in [5, 5.41) is 3.50. The SMILES string of the molecule is CCCNC1Cc2cccc3c2n(c(=O)n3OC)C1. The topological polar surface area (TPSA) is 48.2 Å². The first-order valence-corrected chi connectivity index (χ1v) is 6.77. The lowest BCUT2D eigenvalue weighted by Crippen LogP contribution is -2.41. The molecule has 0 bridgehead atoms. The zero-order valence-corrected chi connectivity index (χ0v) is 11.3. The zero-order valence-electron chi connectivity index (χ0n) is 11.3. The number of para-hydroxylation sites is 1. The zero-order chi connectivity index (χ0) is 13.4. The van der Waals surface area contributed by atoms with Gasteiger partial charge in [-0.05, 0) is 31.0 Å². The summed E-state index contributed by atoms with van der Waals surface area (Å²) < 4.78 is 3.20. The molecule has 0 aliphatic carbocycles. The quantitative estimate of drug-likeness (QED) is 0.885. The Balaban J connectivity index is 2.10. The van der Waals surface area contributed by atoms with E-state index >= 15 is 0 Å². The lowest BCUT2D eigenvalue weighted by atomic mass is 10.0. The number of nitrogens with one attached hydrogen (secondary N) is 1. The number of benzene rings is 1. The molecule has 5 nitrogen and oxygen atoms in total. The van der Waals surface area contributed by atoms with Crippen LogP contribution in [0.5, 0.6) is 0 Å². The van der Waals surface area contributed by atoms with Crippen LogP contribution in [0.25, 0.3) is 11.0 Å². The molecular formula is C14H19N3O2. The molecule has 1 N–H and O–H groups in total. The molecule has 102 valence electrons. The van der Waals surface area contributed by atoms with E-state index in [-0.39, 0.29) is 5.69 Å². The van der Waals surface area contributed by atoms with E-state index in [0.29, 0.717) is 12.6 Å². The summed E-state index contributed by atoms with van der Waals surface area (Å²) >= 11 is 0. The van der Waals surface area contributed by atoms with E-state index in [0.717, 1.165) is 30.4 Å². The second kappa shape index (κ2) is 4.74. The number of nitrogens with zero attached hydrogens (tertiary/aromatic N) is 2. The largest absolute Gasteiger partial charge is 0.412 e. The molecule has 2 heterocycles. The van der Waals surface area contributed by atoms with Crippen molar-refractivity contribution in [1.82, 2.24) is 14.6 Å². The first-order valence-electron chi connectivity index (χ1n) is 6.77. The van der Waals surface area contributed by atoms with E-state index in [1.54, 1.807) is 0 Å². The summed E-state index contributed by atoms with van der Waals surface area (Å²) in [6, 6.07) is 6.33. The van der Waals surface area contributed by atoms with Gasteiger partial charge in [-0.1, -0.05) is 19.1 Å². The van der Waals surface area contributed by atoms with Gasteiger partial charge < -0.3 is 10.2 Å². The Morgan fingerprint density at radius 3 is 3.05 bits per heavy atom. The molecule has 1 aromatic heterocycles. The van der Waals surface area contributed by atoms with E-state index in [1.807, 2.05) is 16.7 Å². The Kier molecular flexibility index (Phi) is 3.06. The lowest BCUT2D eigenvalue weighted by molar-refractivity contribution is 0.165. The number of imidazole rings is 1. The standard InChI is InChI=1S/C14H19N3O2/c1-3-7-15-11-8-10-5-4-6-12-13(10)16(9-11)14(18)17(12)19-2/h4-6,11,15H,3,7-9H2,1-2H3. The molecule has 0 fully saturated rings. The van der Waals surface area contributed by atoms with Crippen molar-refractivity contribution in [2.45, 2.75) is 32.4 Å². The van der Waals surface area contributed by atoms with Crippen LogP contribution < -0.4 is 15.8 Å². The Labute approximate surface area is 111 Å². The molecular weight excluding hydrogens is 242 g/mol. The van der Waals surface area contributed by atoms with Crippen LogP contribution in [-0.2, 0) is 13.0 Å². The summed E-state index contributed by atoms with van der Waals surface area (Å²) in [5.41, 5.74) is 3.00. The second-order valence-corrected chi connectivity index (χ2v) is 5.01. The predicted octanol–water partition coefficient (Wildman–Crippen LogP) is 0.786. The minimum atomic E-state index is -0.0899. The Bertz CT molecular complexity index is 656. The van der Waals surface area contributed by atoms with E-state index in [4.69, 9.17) is 4.84 Å². The first kappa shape index (κ1) is 12.3. The van der Waals surface area contributed by atoms with Crippen molar-refractivity contribution in [3.05, 3.63) is 34.2 Å². The summed E-state index contributed by atoms with van der Waals surface area (Å²) in [5.74, 6) is 0. The highest BCUT2D eigenvalue weighted by Crippen LogP contribution is 2.23. The van der Waals surface area contributed by atoms with Gasteiger partial charge in [0.05, 0.1) is 5.52 Å². The number of aromatic nitrogens is 2. The van der Waals surface area contributed by atoms with Gasteiger partial charge in [-0.15, -0.1) is 4.73 Å². The molecule has 0 spiro atoms. The smallest absolute Gasteiger partial charge is 0.362 e. The number of hydrogen-bond acceptors (Lipinski definition) is 3.